The molecule has 3 aromatic rings. The van der Waals surface area contributed by atoms with Crippen LogP contribution in [0, 0.1) is 5.82 Å². The Kier molecular flexibility index (Phi) is 5.53. The van der Waals surface area contributed by atoms with Crippen molar-refractivity contribution in [2.75, 3.05) is 0 Å². The lowest BCUT2D eigenvalue weighted by Crippen LogP contribution is -2.36. The van der Waals surface area contributed by atoms with E-state index in [-0.39, 0.29) is 11.7 Å². The summed E-state index contributed by atoms with van der Waals surface area (Å²) in [6.07, 6.45) is 4.28. The van der Waals surface area contributed by atoms with Crippen molar-refractivity contribution in [2.24, 2.45) is 0 Å². The lowest BCUT2D eigenvalue weighted by Gasteiger charge is -2.15. The minimum absolute atomic E-state index is 0.0547. The maximum absolute atomic E-state index is 13.6. The number of nitrogens with one attached hydrogen (secondary N) is 1. The number of ether oxygens (including phenoxy) is 1. The van der Waals surface area contributed by atoms with Gasteiger partial charge in [-0.05, 0) is 48.9 Å². The predicted octanol–water partition coefficient (Wildman–Crippen LogP) is 3.37. The first kappa shape index (κ1) is 17.5. The van der Waals surface area contributed by atoms with Crippen LogP contribution in [0.3, 0.4) is 0 Å². The second-order valence-electron chi connectivity index (χ2n) is 5.69. The molecular formula is C20H18FN3O2. The molecule has 6 heteroatoms. The molecule has 1 amide bonds. The first-order valence-corrected chi connectivity index (χ1v) is 8.17. The molecule has 0 aliphatic rings. The van der Waals surface area contributed by atoms with E-state index in [4.69, 9.17) is 4.74 Å². The van der Waals surface area contributed by atoms with Crippen molar-refractivity contribution >= 4 is 5.91 Å². The normalized spacial score (nSPS) is 11.6. The third-order valence-electron chi connectivity index (χ3n) is 3.78. The van der Waals surface area contributed by atoms with Gasteiger partial charge in [0.25, 0.3) is 5.91 Å². The number of halogens is 1. The molecule has 0 radical (unpaired) electrons. The van der Waals surface area contributed by atoms with Crippen molar-refractivity contribution in [3.05, 3.63) is 78.5 Å². The van der Waals surface area contributed by atoms with Gasteiger partial charge >= 0.3 is 0 Å². The van der Waals surface area contributed by atoms with Crippen LogP contribution >= 0.6 is 0 Å². The summed E-state index contributed by atoms with van der Waals surface area (Å²) in [4.78, 5) is 20.5. The molecular weight excluding hydrogens is 333 g/mol. The lowest BCUT2D eigenvalue weighted by atomic mass is 10.1. The molecule has 2 heterocycles. The van der Waals surface area contributed by atoms with E-state index in [1.165, 1.54) is 12.1 Å². The largest absolute Gasteiger partial charge is 0.478 e. The highest BCUT2D eigenvalue weighted by Crippen LogP contribution is 2.18. The van der Waals surface area contributed by atoms with Crippen LogP contribution in [-0.4, -0.2) is 22.0 Å². The fourth-order valence-corrected chi connectivity index (χ4v) is 2.38. The van der Waals surface area contributed by atoms with Crippen LogP contribution in [0.4, 0.5) is 4.39 Å². The summed E-state index contributed by atoms with van der Waals surface area (Å²) in [5.41, 5.74) is 2.65. The van der Waals surface area contributed by atoms with Crippen LogP contribution in [0.5, 0.6) is 5.75 Å². The van der Waals surface area contributed by atoms with Gasteiger partial charge in [0.15, 0.2) is 17.7 Å². The molecule has 0 fully saturated rings. The highest BCUT2D eigenvalue weighted by Gasteiger charge is 2.16. The topological polar surface area (TPSA) is 64.1 Å². The Morgan fingerprint density at radius 3 is 2.69 bits per heavy atom. The minimum atomic E-state index is -0.812. The van der Waals surface area contributed by atoms with Gasteiger partial charge in [-0.15, -0.1) is 0 Å². The molecule has 132 valence electrons. The van der Waals surface area contributed by atoms with E-state index < -0.39 is 11.9 Å². The molecule has 0 bridgehead atoms. The first-order valence-electron chi connectivity index (χ1n) is 8.17. The third kappa shape index (κ3) is 4.42. The van der Waals surface area contributed by atoms with Gasteiger partial charge in [0.1, 0.15) is 0 Å². The van der Waals surface area contributed by atoms with E-state index >= 15 is 0 Å². The van der Waals surface area contributed by atoms with E-state index in [2.05, 4.69) is 15.3 Å². The molecule has 0 saturated carbocycles. The van der Waals surface area contributed by atoms with Crippen LogP contribution in [-0.2, 0) is 11.3 Å². The maximum atomic E-state index is 13.6. The molecule has 0 saturated heterocycles. The lowest BCUT2D eigenvalue weighted by molar-refractivity contribution is -0.127. The Bertz CT molecular complexity index is 887. The van der Waals surface area contributed by atoms with Crippen molar-refractivity contribution in [3.8, 4) is 17.0 Å². The molecule has 26 heavy (non-hydrogen) atoms. The summed E-state index contributed by atoms with van der Waals surface area (Å²) in [5.74, 6) is -0.766. The number of pyridine rings is 2. The number of amides is 1. The zero-order valence-corrected chi connectivity index (χ0v) is 14.2. The van der Waals surface area contributed by atoms with Crippen LogP contribution in [0.15, 0.2) is 67.1 Å². The average molecular weight is 351 g/mol. The van der Waals surface area contributed by atoms with Gasteiger partial charge < -0.3 is 10.1 Å². The Balaban J connectivity index is 1.60. The number of rotatable bonds is 6. The number of para-hydroxylation sites is 1. The second-order valence-corrected chi connectivity index (χ2v) is 5.69. The number of benzene rings is 1. The summed E-state index contributed by atoms with van der Waals surface area (Å²) in [5, 5.41) is 2.79. The van der Waals surface area contributed by atoms with E-state index in [9.17, 15) is 9.18 Å². The van der Waals surface area contributed by atoms with Gasteiger partial charge in [0.05, 0.1) is 5.69 Å². The Morgan fingerprint density at radius 1 is 1.15 bits per heavy atom. The van der Waals surface area contributed by atoms with Crippen molar-refractivity contribution in [3.63, 3.8) is 0 Å². The number of hydrogen-bond acceptors (Lipinski definition) is 4. The smallest absolute Gasteiger partial charge is 0.261 e. The number of nitrogens with zero attached hydrogens (tertiary/aromatic N) is 2. The van der Waals surface area contributed by atoms with Crippen molar-refractivity contribution < 1.29 is 13.9 Å². The highest BCUT2D eigenvalue weighted by atomic mass is 19.1. The fourth-order valence-electron chi connectivity index (χ4n) is 2.38. The second kappa shape index (κ2) is 8.20. The van der Waals surface area contributed by atoms with Crippen LogP contribution in [0.1, 0.15) is 12.5 Å². The Hall–Kier alpha value is -3.28. The Labute approximate surface area is 150 Å². The molecule has 1 unspecified atom stereocenters. The molecule has 0 aliphatic heterocycles. The van der Waals surface area contributed by atoms with Gasteiger partial charge in [0.2, 0.25) is 0 Å². The standard InChI is InChI=1S/C20H18FN3O2/c1-14(26-19-5-3-2-4-17(19)21)20(25)24-13-15-6-11-23-18(12-15)16-7-9-22-10-8-16/h2-12,14H,13H2,1H3,(H,24,25). The third-order valence-corrected chi connectivity index (χ3v) is 3.78. The number of aromatic nitrogens is 2. The van der Waals surface area contributed by atoms with Crippen LogP contribution < -0.4 is 10.1 Å². The summed E-state index contributed by atoms with van der Waals surface area (Å²) in [7, 11) is 0. The molecule has 1 aromatic carbocycles. The molecule has 3 rings (SSSR count). The van der Waals surface area contributed by atoms with Crippen molar-refractivity contribution in [1.29, 1.82) is 0 Å². The molecule has 0 spiro atoms. The summed E-state index contributed by atoms with van der Waals surface area (Å²) < 4.78 is 19.0. The van der Waals surface area contributed by atoms with Crippen LogP contribution in [0.2, 0.25) is 0 Å². The Morgan fingerprint density at radius 2 is 1.92 bits per heavy atom. The van der Waals surface area contributed by atoms with E-state index in [0.717, 1.165) is 16.8 Å². The van der Waals surface area contributed by atoms with Gasteiger partial charge in [-0.1, -0.05) is 12.1 Å². The van der Waals surface area contributed by atoms with E-state index in [1.54, 1.807) is 37.6 Å². The van der Waals surface area contributed by atoms with Gasteiger partial charge in [-0.3, -0.25) is 14.8 Å². The summed E-state index contributed by atoms with van der Waals surface area (Å²) in [6.45, 7) is 1.90. The SMILES string of the molecule is CC(Oc1ccccc1F)C(=O)NCc1ccnc(-c2ccncc2)c1. The zero-order valence-electron chi connectivity index (χ0n) is 14.2. The van der Waals surface area contributed by atoms with Crippen LogP contribution in [0.25, 0.3) is 11.3 Å². The monoisotopic (exact) mass is 351 g/mol. The van der Waals surface area contributed by atoms with E-state index in [0.29, 0.717) is 6.54 Å². The number of hydrogen-bond donors (Lipinski definition) is 1. The quantitative estimate of drug-likeness (QED) is 0.740. The highest BCUT2D eigenvalue weighted by molar-refractivity contribution is 5.80. The minimum Gasteiger partial charge on any atom is -0.478 e. The fraction of sp³-hybridized carbons (Fsp3) is 0.150. The molecule has 2 aromatic heterocycles. The summed E-state index contributed by atoms with van der Waals surface area (Å²) in [6, 6.07) is 13.5. The predicted molar refractivity (Wildman–Crippen MR) is 95.8 cm³/mol. The van der Waals surface area contributed by atoms with E-state index in [1.807, 2.05) is 24.3 Å². The molecule has 1 N–H and O–H groups in total. The molecule has 5 nitrogen and oxygen atoms in total. The number of carbonyl (C=O) groups is 1. The van der Waals surface area contributed by atoms with Gasteiger partial charge in [-0.25, -0.2) is 4.39 Å². The first-order chi connectivity index (χ1) is 12.6. The average Bonchev–Trinajstić information content (AvgIpc) is 2.68. The van der Waals surface area contributed by atoms with Gasteiger partial charge in [0, 0.05) is 30.7 Å². The van der Waals surface area contributed by atoms with Crippen molar-refractivity contribution in [2.45, 2.75) is 19.6 Å². The molecule has 1 atom stereocenters. The summed E-state index contributed by atoms with van der Waals surface area (Å²) >= 11 is 0. The van der Waals surface area contributed by atoms with Gasteiger partial charge in [-0.2, -0.15) is 0 Å². The van der Waals surface area contributed by atoms with Crippen molar-refractivity contribution in [1.82, 2.24) is 15.3 Å². The zero-order chi connectivity index (χ0) is 18.4. The molecule has 0 aliphatic carbocycles. The number of carbonyl (C=O) groups excluding carboxylic acids is 1. The maximum Gasteiger partial charge on any atom is 0.261 e.